The molecule has 0 heterocycles. The number of aliphatic carboxylic acids is 1. The van der Waals surface area contributed by atoms with Gasteiger partial charge in [0.1, 0.15) is 0 Å². The molecule has 0 atom stereocenters. The number of Topliss-reactive ketones (excluding diaryl/α,β-unsaturated/α-hetero) is 1. The molecule has 4 heteroatoms. The van der Waals surface area contributed by atoms with Gasteiger partial charge in [-0.15, -0.1) is 0 Å². The molecule has 94 valence electrons. The fourth-order valence-corrected chi connectivity index (χ4v) is 1.54. The Morgan fingerprint density at radius 3 is 2.17 bits per heavy atom. The van der Waals surface area contributed by atoms with Gasteiger partial charge in [-0.25, -0.2) is 4.79 Å². The highest BCUT2D eigenvalue weighted by molar-refractivity contribution is 6.42. The maximum Gasteiger partial charge on any atom is 0.377 e. The van der Waals surface area contributed by atoms with E-state index in [9.17, 15) is 9.59 Å². The molecular weight excluding hydrogens is 230 g/mol. The van der Waals surface area contributed by atoms with E-state index in [2.05, 4.69) is 5.32 Å². The first-order valence-corrected chi connectivity index (χ1v) is 5.45. The third-order valence-electron chi connectivity index (χ3n) is 2.23. The summed E-state index contributed by atoms with van der Waals surface area (Å²) in [7, 11) is 3.75. The summed E-state index contributed by atoms with van der Waals surface area (Å²) in [5.41, 5.74) is 0.237. The molecule has 0 aromatic heterocycles. The Morgan fingerprint density at radius 1 is 1.00 bits per heavy atom. The Balaban J connectivity index is 0.000000492. The second kappa shape index (κ2) is 6.51. The predicted octanol–water partition coefficient (Wildman–Crippen LogP) is 1.94. The second-order valence-corrected chi connectivity index (χ2v) is 3.66. The summed E-state index contributed by atoms with van der Waals surface area (Å²) in [5.74, 6) is -2.29. The normalized spacial score (nSPS) is 9.44. The maximum absolute atomic E-state index is 11.4. The highest BCUT2D eigenvalue weighted by atomic mass is 16.4. The molecule has 0 saturated heterocycles. The smallest absolute Gasteiger partial charge is 0.377 e. The van der Waals surface area contributed by atoms with Crippen LogP contribution in [0, 0.1) is 0 Å². The molecule has 4 nitrogen and oxygen atoms in total. The third-order valence-corrected chi connectivity index (χ3v) is 2.23. The average molecular weight is 245 g/mol. The molecule has 0 saturated carbocycles. The summed E-state index contributed by atoms with van der Waals surface area (Å²) in [5, 5.41) is 12.9. The van der Waals surface area contributed by atoms with Crippen molar-refractivity contribution in [1.29, 1.82) is 0 Å². The predicted molar refractivity (Wildman–Crippen MR) is 70.9 cm³/mol. The highest BCUT2D eigenvalue weighted by Gasteiger charge is 2.16. The minimum absolute atomic E-state index is 0.237. The fourth-order valence-electron chi connectivity index (χ4n) is 1.54. The number of hydrogen-bond donors (Lipinski definition) is 2. The number of rotatable bonds is 2. The molecule has 2 rings (SSSR count). The van der Waals surface area contributed by atoms with Crippen molar-refractivity contribution in [3.63, 3.8) is 0 Å². The Bertz CT molecular complexity index is 558. The number of carbonyl (C=O) groups is 2. The average Bonchev–Trinajstić information content (AvgIpc) is 2.38. The number of nitrogens with one attached hydrogen (secondary N) is 1. The van der Waals surface area contributed by atoms with E-state index in [0.29, 0.717) is 5.39 Å². The lowest BCUT2D eigenvalue weighted by atomic mass is 10.0. The molecule has 0 bridgehead atoms. The highest BCUT2D eigenvalue weighted by Crippen LogP contribution is 2.18. The van der Waals surface area contributed by atoms with Crippen LogP contribution in [0.4, 0.5) is 0 Å². The van der Waals surface area contributed by atoms with Crippen LogP contribution in [-0.4, -0.2) is 31.0 Å². The zero-order chi connectivity index (χ0) is 13.5. The monoisotopic (exact) mass is 245 g/mol. The van der Waals surface area contributed by atoms with E-state index in [4.69, 9.17) is 5.11 Å². The van der Waals surface area contributed by atoms with E-state index in [0.717, 1.165) is 5.39 Å². The van der Waals surface area contributed by atoms with Crippen LogP contribution in [0.15, 0.2) is 42.5 Å². The van der Waals surface area contributed by atoms with Gasteiger partial charge in [-0.05, 0) is 24.9 Å². The molecule has 2 N–H and O–H groups in total. The van der Waals surface area contributed by atoms with E-state index < -0.39 is 11.8 Å². The first kappa shape index (κ1) is 13.9. The SMILES string of the molecule is CNC.O=C(O)C(=O)c1cccc2ccccc12. The lowest BCUT2D eigenvalue weighted by Crippen LogP contribution is -2.12. The van der Waals surface area contributed by atoms with E-state index >= 15 is 0 Å². The minimum Gasteiger partial charge on any atom is -0.475 e. The van der Waals surface area contributed by atoms with Crippen molar-refractivity contribution >= 4 is 22.5 Å². The zero-order valence-corrected chi connectivity index (χ0v) is 10.3. The van der Waals surface area contributed by atoms with E-state index in [-0.39, 0.29) is 5.56 Å². The molecule has 0 aliphatic heterocycles. The van der Waals surface area contributed by atoms with Crippen molar-refractivity contribution in [3.05, 3.63) is 48.0 Å². The summed E-state index contributed by atoms with van der Waals surface area (Å²) in [4.78, 5) is 22.0. The first-order chi connectivity index (χ1) is 8.61. The number of hydrogen-bond acceptors (Lipinski definition) is 3. The quantitative estimate of drug-likeness (QED) is 0.627. The molecule has 0 aliphatic rings. The zero-order valence-electron chi connectivity index (χ0n) is 10.3. The lowest BCUT2D eigenvalue weighted by molar-refractivity contribution is -0.131. The molecular formula is C14H15NO3. The van der Waals surface area contributed by atoms with Crippen molar-refractivity contribution in [1.82, 2.24) is 5.32 Å². The number of benzene rings is 2. The number of carbonyl (C=O) groups excluding carboxylic acids is 1. The number of ketones is 1. The minimum atomic E-state index is -1.42. The lowest BCUT2D eigenvalue weighted by Gasteiger charge is -2.02. The molecule has 2 aromatic carbocycles. The van der Waals surface area contributed by atoms with Gasteiger partial charge in [0.15, 0.2) is 0 Å². The van der Waals surface area contributed by atoms with Crippen molar-refractivity contribution < 1.29 is 14.7 Å². The Labute approximate surface area is 105 Å². The fraction of sp³-hybridized carbons (Fsp3) is 0.143. The van der Waals surface area contributed by atoms with Gasteiger partial charge in [0, 0.05) is 5.56 Å². The van der Waals surface area contributed by atoms with Gasteiger partial charge in [0.05, 0.1) is 0 Å². The number of carboxylic acids is 1. The first-order valence-electron chi connectivity index (χ1n) is 5.45. The Hall–Kier alpha value is -2.20. The van der Waals surface area contributed by atoms with E-state index in [1.54, 1.807) is 18.2 Å². The van der Waals surface area contributed by atoms with Gasteiger partial charge in [-0.2, -0.15) is 0 Å². The standard InChI is InChI=1S/C12H8O3.C2H7N/c13-11(12(14)15)10-7-3-5-8-4-1-2-6-9(8)10;1-3-2/h1-7H,(H,14,15);3H,1-2H3. The van der Waals surface area contributed by atoms with Crippen molar-refractivity contribution in [2.45, 2.75) is 0 Å². The summed E-state index contributed by atoms with van der Waals surface area (Å²) in [6.45, 7) is 0. The van der Waals surface area contributed by atoms with Crippen molar-refractivity contribution in [2.75, 3.05) is 14.1 Å². The van der Waals surface area contributed by atoms with Crippen LogP contribution >= 0.6 is 0 Å². The van der Waals surface area contributed by atoms with Gasteiger partial charge >= 0.3 is 5.97 Å². The summed E-state index contributed by atoms with van der Waals surface area (Å²) in [6, 6.07) is 12.3. The molecule has 0 amide bonds. The summed E-state index contributed by atoms with van der Waals surface area (Å²) >= 11 is 0. The van der Waals surface area contributed by atoms with Gasteiger partial charge in [0.2, 0.25) is 0 Å². The molecule has 0 aliphatic carbocycles. The van der Waals surface area contributed by atoms with Crippen LogP contribution in [0.25, 0.3) is 10.8 Å². The maximum atomic E-state index is 11.4. The second-order valence-electron chi connectivity index (χ2n) is 3.66. The van der Waals surface area contributed by atoms with Crippen molar-refractivity contribution in [3.8, 4) is 0 Å². The summed E-state index contributed by atoms with van der Waals surface area (Å²) < 4.78 is 0. The van der Waals surface area contributed by atoms with Gasteiger partial charge < -0.3 is 10.4 Å². The van der Waals surface area contributed by atoms with Gasteiger partial charge in [-0.3, -0.25) is 4.79 Å². The Kier molecular flexibility index (Phi) is 5.02. The van der Waals surface area contributed by atoms with Crippen LogP contribution in [-0.2, 0) is 4.79 Å². The van der Waals surface area contributed by atoms with Crippen LogP contribution in [0.1, 0.15) is 10.4 Å². The molecule has 0 fully saturated rings. The van der Waals surface area contributed by atoms with Crippen LogP contribution in [0.2, 0.25) is 0 Å². The molecule has 18 heavy (non-hydrogen) atoms. The van der Waals surface area contributed by atoms with E-state index in [1.807, 2.05) is 32.3 Å². The number of carboxylic acid groups (broad SMARTS) is 1. The van der Waals surface area contributed by atoms with Crippen LogP contribution in [0.5, 0.6) is 0 Å². The van der Waals surface area contributed by atoms with Crippen molar-refractivity contribution in [2.24, 2.45) is 0 Å². The summed E-state index contributed by atoms with van der Waals surface area (Å²) in [6.07, 6.45) is 0. The topological polar surface area (TPSA) is 66.4 Å². The third kappa shape index (κ3) is 3.15. The van der Waals surface area contributed by atoms with Gasteiger partial charge in [-0.1, -0.05) is 42.5 Å². The van der Waals surface area contributed by atoms with E-state index in [1.165, 1.54) is 6.07 Å². The van der Waals surface area contributed by atoms with Crippen LogP contribution in [0.3, 0.4) is 0 Å². The molecule has 0 radical (unpaired) electrons. The molecule has 2 aromatic rings. The molecule has 0 unspecified atom stereocenters. The Morgan fingerprint density at radius 2 is 1.56 bits per heavy atom. The number of fused-ring (bicyclic) bond motifs is 1. The largest absolute Gasteiger partial charge is 0.475 e. The van der Waals surface area contributed by atoms with Crippen LogP contribution < -0.4 is 5.32 Å². The van der Waals surface area contributed by atoms with Gasteiger partial charge in [0.25, 0.3) is 5.78 Å². The molecule has 0 spiro atoms.